The first kappa shape index (κ1) is 10.9. The van der Waals surface area contributed by atoms with Gasteiger partial charge in [-0.15, -0.1) is 6.42 Å². The molecule has 0 aromatic heterocycles. The van der Waals surface area contributed by atoms with E-state index < -0.39 is 0 Å². The van der Waals surface area contributed by atoms with Crippen molar-refractivity contribution in [1.82, 2.24) is 0 Å². The number of nitrogens with one attached hydrogen (secondary N) is 1. The van der Waals surface area contributed by atoms with Gasteiger partial charge in [-0.2, -0.15) is 0 Å². The summed E-state index contributed by atoms with van der Waals surface area (Å²) in [6.07, 6.45) is 6.26. The van der Waals surface area contributed by atoms with Crippen LogP contribution in [0, 0.1) is 19.3 Å². The smallest absolute Gasteiger partial charge is 0.0871 e. The highest BCUT2D eigenvalue weighted by molar-refractivity contribution is 6.31. The highest BCUT2D eigenvalue weighted by Gasteiger charge is 2.02. The van der Waals surface area contributed by atoms with Crippen LogP contribution in [0.25, 0.3) is 0 Å². The Morgan fingerprint density at radius 2 is 2.29 bits per heavy atom. The Morgan fingerprint density at radius 1 is 1.57 bits per heavy atom. The quantitative estimate of drug-likeness (QED) is 0.749. The summed E-state index contributed by atoms with van der Waals surface area (Å²) in [5, 5.41) is 3.99. The maximum absolute atomic E-state index is 5.99. The van der Waals surface area contributed by atoms with E-state index in [0.29, 0.717) is 0 Å². The summed E-state index contributed by atoms with van der Waals surface area (Å²) in [6.45, 7) is 4.03. The minimum absolute atomic E-state index is 0.0776. The lowest BCUT2D eigenvalue weighted by atomic mass is 10.2. The molecule has 0 amide bonds. The molecule has 0 aliphatic heterocycles. The number of hydrogen-bond donors (Lipinski definition) is 1. The third kappa shape index (κ3) is 2.68. The number of anilines is 1. The first-order valence-electron chi connectivity index (χ1n) is 4.66. The topological polar surface area (TPSA) is 12.0 Å². The lowest BCUT2D eigenvalue weighted by molar-refractivity contribution is 0.858. The molecule has 1 aromatic carbocycles. The summed E-state index contributed by atoms with van der Waals surface area (Å²) in [7, 11) is 0. The molecule has 0 saturated carbocycles. The Hall–Kier alpha value is -1.13. The number of aryl methyl sites for hydroxylation is 1. The van der Waals surface area contributed by atoms with E-state index in [9.17, 15) is 0 Å². The fourth-order valence-electron chi connectivity index (χ4n) is 1.15. The Balaban J connectivity index is 2.78. The van der Waals surface area contributed by atoms with E-state index in [1.54, 1.807) is 0 Å². The van der Waals surface area contributed by atoms with Crippen molar-refractivity contribution in [2.75, 3.05) is 5.32 Å². The molecule has 0 radical (unpaired) electrons. The average Bonchev–Trinajstić information content (AvgIpc) is 2.19. The van der Waals surface area contributed by atoms with Gasteiger partial charge >= 0.3 is 0 Å². The van der Waals surface area contributed by atoms with Crippen LogP contribution >= 0.6 is 11.6 Å². The average molecular weight is 208 g/mol. The van der Waals surface area contributed by atoms with Crippen LogP contribution in [0.3, 0.4) is 0 Å². The predicted molar refractivity (Wildman–Crippen MR) is 62.7 cm³/mol. The van der Waals surface area contributed by atoms with Gasteiger partial charge in [0.1, 0.15) is 0 Å². The Morgan fingerprint density at radius 3 is 2.79 bits per heavy atom. The fourth-order valence-corrected chi connectivity index (χ4v) is 1.33. The van der Waals surface area contributed by atoms with E-state index >= 15 is 0 Å². The van der Waals surface area contributed by atoms with Crippen molar-refractivity contribution in [3.63, 3.8) is 0 Å². The molecular weight excluding hydrogens is 194 g/mol. The zero-order valence-corrected chi connectivity index (χ0v) is 9.23. The third-order valence-corrected chi connectivity index (χ3v) is 2.53. The van der Waals surface area contributed by atoms with Crippen LogP contribution < -0.4 is 5.32 Å². The van der Waals surface area contributed by atoms with Crippen LogP contribution in [-0.2, 0) is 0 Å². The molecule has 0 heterocycles. The summed E-state index contributed by atoms with van der Waals surface area (Å²) in [6, 6.07) is 5.94. The van der Waals surface area contributed by atoms with Crippen molar-refractivity contribution in [3.05, 3.63) is 28.8 Å². The third-order valence-electron chi connectivity index (χ3n) is 2.12. The molecule has 1 unspecified atom stereocenters. The van der Waals surface area contributed by atoms with E-state index in [2.05, 4.69) is 11.2 Å². The number of hydrogen-bond acceptors (Lipinski definition) is 1. The Labute approximate surface area is 90.5 Å². The van der Waals surface area contributed by atoms with Gasteiger partial charge in [-0.3, -0.25) is 0 Å². The van der Waals surface area contributed by atoms with Gasteiger partial charge in [-0.1, -0.05) is 30.5 Å². The van der Waals surface area contributed by atoms with Crippen molar-refractivity contribution >= 4 is 17.3 Å². The molecule has 2 heteroatoms. The SMILES string of the molecule is C#CC(CC)Nc1ccc(C)c(Cl)c1. The highest BCUT2D eigenvalue weighted by atomic mass is 35.5. The van der Waals surface area contributed by atoms with Crippen molar-refractivity contribution < 1.29 is 0 Å². The molecule has 1 nitrogen and oxygen atoms in total. The van der Waals surface area contributed by atoms with Crippen LogP contribution in [0.15, 0.2) is 18.2 Å². The number of benzene rings is 1. The monoisotopic (exact) mass is 207 g/mol. The second-order valence-electron chi connectivity index (χ2n) is 3.24. The van der Waals surface area contributed by atoms with Gasteiger partial charge in [0.05, 0.1) is 6.04 Å². The molecule has 1 atom stereocenters. The van der Waals surface area contributed by atoms with Crippen LogP contribution in [0.5, 0.6) is 0 Å². The van der Waals surface area contributed by atoms with Gasteiger partial charge in [-0.05, 0) is 31.0 Å². The summed E-state index contributed by atoms with van der Waals surface area (Å²) in [5.41, 5.74) is 2.05. The molecule has 0 spiro atoms. The lowest BCUT2D eigenvalue weighted by Gasteiger charge is -2.12. The second-order valence-corrected chi connectivity index (χ2v) is 3.64. The van der Waals surface area contributed by atoms with E-state index in [1.807, 2.05) is 32.0 Å². The van der Waals surface area contributed by atoms with Crippen molar-refractivity contribution in [2.24, 2.45) is 0 Å². The van der Waals surface area contributed by atoms with Gasteiger partial charge in [0.25, 0.3) is 0 Å². The lowest BCUT2D eigenvalue weighted by Crippen LogP contribution is -2.15. The van der Waals surface area contributed by atoms with E-state index in [4.69, 9.17) is 18.0 Å². The van der Waals surface area contributed by atoms with Gasteiger partial charge in [-0.25, -0.2) is 0 Å². The number of terminal acetylenes is 1. The van der Waals surface area contributed by atoms with E-state index in [1.165, 1.54) is 0 Å². The standard InChI is InChI=1S/C12H14ClN/c1-4-10(5-2)14-11-7-6-9(3)12(13)8-11/h1,6-8,10,14H,5H2,2-3H3. The normalized spacial score (nSPS) is 11.9. The molecule has 1 aromatic rings. The zero-order valence-electron chi connectivity index (χ0n) is 8.47. The van der Waals surface area contributed by atoms with Crippen molar-refractivity contribution in [3.8, 4) is 12.3 Å². The van der Waals surface area contributed by atoms with Gasteiger partial charge < -0.3 is 5.32 Å². The Kier molecular flexibility index (Phi) is 3.85. The summed E-state index contributed by atoms with van der Waals surface area (Å²) >= 11 is 5.99. The van der Waals surface area contributed by atoms with E-state index in [0.717, 1.165) is 22.7 Å². The molecule has 1 N–H and O–H groups in total. The Bertz CT molecular complexity index is 352. The minimum atomic E-state index is 0.0776. The molecule has 0 fully saturated rings. The van der Waals surface area contributed by atoms with Gasteiger partial charge in [0, 0.05) is 10.7 Å². The maximum atomic E-state index is 5.99. The molecule has 1 rings (SSSR count). The zero-order chi connectivity index (χ0) is 10.6. The summed E-state index contributed by atoms with van der Waals surface area (Å²) in [4.78, 5) is 0. The van der Waals surface area contributed by atoms with Crippen LogP contribution in [0.1, 0.15) is 18.9 Å². The maximum Gasteiger partial charge on any atom is 0.0871 e. The molecule has 14 heavy (non-hydrogen) atoms. The molecular formula is C12H14ClN. The molecule has 0 aliphatic rings. The van der Waals surface area contributed by atoms with Crippen LogP contribution in [0.4, 0.5) is 5.69 Å². The molecule has 74 valence electrons. The summed E-state index contributed by atoms with van der Waals surface area (Å²) in [5.74, 6) is 2.68. The van der Waals surface area contributed by atoms with Gasteiger partial charge in [0.15, 0.2) is 0 Å². The van der Waals surface area contributed by atoms with Crippen LogP contribution in [0.2, 0.25) is 5.02 Å². The molecule has 0 bridgehead atoms. The van der Waals surface area contributed by atoms with Crippen LogP contribution in [-0.4, -0.2) is 6.04 Å². The second kappa shape index (κ2) is 4.93. The van der Waals surface area contributed by atoms with Crippen molar-refractivity contribution in [1.29, 1.82) is 0 Å². The first-order valence-corrected chi connectivity index (χ1v) is 5.04. The first-order chi connectivity index (χ1) is 6.67. The molecule has 0 saturated heterocycles. The summed E-state index contributed by atoms with van der Waals surface area (Å²) < 4.78 is 0. The van der Waals surface area contributed by atoms with Gasteiger partial charge in [0.2, 0.25) is 0 Å². The largest absolute Gasteiger partial charge is 0.372 e. The van der Waals surface area contributed by atoms with E-state index in [-0.39, 0.29) is 6.04 Å². The fraction of sp³-hybridized carbons (Fsp3) is 0.333. The minimum Gasteiger partial charge on any atom is -0.372 e. The number of halogens is 1. The van der Waals surface area contributed by atoms with Crippen molar-refractivity contribution in [2.45, 2.75) is 26.3 Å². The highest BCUT2D eigenvalue weighted by Crippen LogP contribution is 2.20. The number of rotatable bonds is 3. The predicted octanol–water partition coefficient (Wildman–Crippen LogP) is 3.47. The molecule has 0 aliphatic carbocycles.